The van der Waals surface area contributed by atoms with Gasteiger partial charge < -0.3 is 9.84 Å². The molecule has 2 aromatic rings. The minimum Gasteiger partial charge on any atom is -0.502 e. The summed E-state index contributed by atoms with van der Waals surface area (Å²) in [4.78, 5) is 0. The van der Waals surface area contributed by atoms with Crippen LogP contribution in [0.4, 0.5) is 0 Å². The molecule has 4 nitrogen and oxygen atoms in total. The molecule has 0 atom stereocenters. The molecule has 0 aliphatic heterocycles. The normalized spacial score (nSPS) is 14.3. The number of ether oxygens (including phenoxy) is 1. The van der Waals surface area contributed by atoms with Crippen LogP contribution in [0.3, 0.4) is 0 Å². The second kappa shape index (κ2) is 5.11. The van der Waals surface area contributed by atoms with Crippen molar-refractivity contribution in [3.8, 4) is 17.4 Å². The van der Waals surface area contributed by atoms with Gasteiger partial charge in [0, 0.05) is 0 Å². The standard InChI is InChI=1S/C14H12Cl2N2O2/c1-7-3-2-4-9(8-5-6-8)12(7)20-14-11(19)10(15)13(16)17-18-14/h2-4,8H,5-6H2,1H3,(H,17,19). The molecule has 0 amide bonds. The van der Waals surface area contributed by atoms with E-state index in [0.717, 1.165) is 24.0 Å². The highest BCUT2D eigenvalue weighted by molar-refractivity contribution is 6.42. The van der Waals surface area contributed by atoms with E-state index >= 15 is 0 Å². The van der Waals surface area contributed by atoms with Gasteiger partial charge in [-0.1, -0.05) is 41.4 Å². The first-order valence-corrected chi connectivity index (χ1v) is 7.01. The van der Waals surface area contributed by atoms with Crippen LogP contribution in [-0.4, -0.2) is 15.3 Å². The van der Waals surface area contributed by atoms with Crippen molar-refractivity contribution in [2.24, 2.45) is 0 Å². The second-order valence-corrected chi connectivity index (χ2v) is 5.56. The van der Waals surface area contributed by atoms with E-state index in [-0.39, 0.29) is 21.8 Å². The van der Waals surface area contributed by atoms with Crippen LogP contribution < -0.4 is 4.74 Å². The number of nitrogens with zero attached hydrogens (tertiary/aromatic N) is 2. The molecule has 0 bridgehead atoms. The van der Waals surface area contributed by atoms with Crippen molar-refractivity contribution in [3.63, 3.8) is 0 Å². The van der Waals surface area contributed by atoms with Crippen molar-refractivity contribution in [3.05, 3.63) is 39.5 Å². The molecule has 1 aromatic heterocycles. The molecule has 1 aromatic carbocycles. The lowest BCUT2D eigenvalue weighted by atomic mass is 10.1. The summed E-state index contributed by atoms with van der Waals surface area (Å²) in [5.41, 5.74) is 2.10. The van der Waals surface area contributed by atoms with Crippen LogP contribution in [0.1, 0.15) is 29.9 Å². The molecule has 1 heterocycles. The van der Waals surface area contributed by atoms with Crippen molar-refractivity contribution in [2.45, 2.75) is 25.7 Å². The van der Waals surface area contributed by atoms with Crippen LogP contribution in [0.15, 0.2) is 18.2 Å². The third-order valence-electron chi connectivity index (χ3n) is 3.28. The van der Waals surface area contributed by atoms with Crippen molar-refractivity contribution >= 4 is 23.2 Å². The maximum absolute atomic E-state index is 9.93. The zero-order valence-corrected chi connectivity index (χ0v) is 12.2. The molecule has 1 saturated carbocycles. The maximum Gasteiger partial charge on any atom is 0.283 e. The van der Waals surface area contributed by atoms with E-state index in [9.17, 15) is 5.11 Å². The van der Waals surface area contributed by atoms with Gasteiger partial charge in [0.2, 0.25) is 5.75 Å². The van der Waals surface area contributed by atoms with Gasteiger partial charge in [0.1, 0.15) is 10.8 Å². The highest BCUT2D eigenvalue weighted by Crippen LogP contribution is 2.47. The van der Waals surface area contributed by atoms with Crippen LogP contribution >= 0.6 is 23.2 Å². The molecule has 3 rings (SSSR count). The third kappa shape index (κ3) is 2.41. The lowest BCUT2D eigenvalue weighted by Gasteiger charge is -2.13. The van der Waals surface area contributed by atoms with Crippen molar-refractivity contribution in [2.75, 3.05) is 0 Å². The van der Waals surface area contributed by atoms with Gasteiger partial charge in [-0.05, 0) is 36.8 Å². The highest BCUT2D eigenvalue weighted by atomic mass is 35.5. The molecule has 1 N–H and O–H groups in total. The number of hydrogen-bond acceptors (Lipinski definition) is 4. The van der Waals surface area contributed by atoms with Gasteiger partial charge in [0.05, 0.1) is 0 Å². The van der Waals surface area contributed by atoms with Gasteiger partial charge in [0.15, 0.2) is 5.15 Å². The summed E-state index contributed by atoms with van der Waals surface area (Å²) in [6.07, 6.45) is 2.30. The fourth-order valence-corrected chi connectivity index (χ4v) is 2.31. The van der Waals surface area contributed by atoms with E-state index in [2.05, 4.69) is 10.2 Å². The zero-order chi connectivity index (χ0) is 14.3. The summed E-state index contributed by atoms with van der Waals surface area (Å²) < 4.78 is 5.74. The number of aromatic nitrogens is 2. The Balaban J connectivity index is 2.01. The molecule has 6 heteroatoms. The van der Waals surface area contributed by atoms with Crippen LogP contribution in [-0.2, 0) is 0 Å². The van der Waals surface area contributed by atoms with Gasteiger partial charge in [0.25, 0.3) is 5.88 Å². The van der Waals surface area contributed by atoms with Gasteiger partial charge in [-0.15, -0.1) is 10.2 Å². The summed E-state index contributed by atoms with van der Waals surface area (Å²) in [6.45, 7) is 1.95. The number of rotatable bonds is 3. The Bertz CT molecular complexity index is 672. The van der Waals surface area contributed by atoms with E-state index in [1.807, 2.05) is 25.1 Å². The average Bonchev–Trinajstić information content (AvgIpc) is 3.25. The Hall–Kier alpha value is -1.52. The highest BCUT2D eigenvalue weighted by Gasteiger charge is 2.28. The lowest BCUT2D eigenvalue weighted by molar-refractivity contribution is 0.388. The molecule has 0 spiro atoms. The molecular formula is C14H12Cl2N2O2. The summed E-state index contributed by atoms with van der Waals surface area (Å²) in [6, 6.07) is 5.97. The minimum absolute atomic E-state index is 0.0319. The molecule has 0 radical (unpaired) electrons. The quantitative estimate of drug-likeness (QED) is 0.909. The van der Waals surface area contributed by atoms with E-state index in [1.165, 1.54) is 0 Å². The Labute approximate surface area is 126 Å². The number of benzene rings is 1. The predicted octanol–water partition coefficient (Wildman–Crippen LogP) is 4.47. The molecule has 0 saturated heterocycles. The Morgan fingerprint density at radius 2 is 2.00 bits per heavy atom. The van der Waals surface area contributed by atoms with Crippen LogP contribution in [0.5, 0.6) is 17.4 Å². The van der Waals surface area contributed by atoms with Gasteiger partial charge >= 0.3 is 0 Å². The molecule has 20 heavy (non-hydrogen) atoms. The number of aryl methyl sites for hydroxylation is 1. The van der Waals surface area contributed by atoms with Gasteiger partial charge in [-0.3, -0.25) is 0 Å². The minimum atomic E-state index is -0.295. The smallest absolute Gasteiger partial charge is 0.283 e. The topological polar surface area (TPSA) is 55.2 Å². The van der Waals surface area contributed by atoms with E-state index < -0.39 is 0 Å². The summed E-state index contributed by atoms with van der Waals surface area (Å²) in [5, 5.41) is 17.2. The number of hydrogen-bond donors (Lipinski definition) is 1. The van der Waals surface area contributed by atoms with Crippen molar-refractivity contribution in [1.82, 2.24) is 10.2 Å². The Morgan fingerprint density at radius 1 is 1.25 bits per heavy atom. The van der Waals surface area contributed by atoms with Crippen molar-refractivity contribution in [1.29, 1.82) is 0 Å². The zero-order valence-electron chi connectivity index (χ0n) is 10.7. The fourth-order valence-electron chi connectivity index (χ4n) is 2.07. The first-order valence-electron chi connectivity index (χ1n) is 6.26. The fraction of sp³-hybridized carbons (Fsp3) is 0.286. The molecular weight excluding hydrogens is 299 g/mol. The third-order valence-corrected chi connectivity index (χ3v) is 4.00. The summed E-state index contributed by atoms with van der Waals surface area (Å²) >= 11 is 11.5. The van der Waals surface area contributed by atoms with Crippen LogP contribution in [0.25, 0.3) is 0 Å². The number of halogens is 2. The predicted molar refractivity (Wildman–Crippen MR) is 76.9 cm³/mol. The van der Waals surface area contributed by atoms with Gasteiger partial charge in [-0.2, -0.15) is 0 Å². The Morgan fingerprint density at radius 3 is 2.70 bits per heavy atom. The van der Waals surface area contributed by atoms with Crippen LogP contribution in [0.2, 0.25) is 10.2 Å². The van der Waals surface area contributed by atoms with E-state index in [0.29, 0.717) is 11.7 Å². The van der Waals surface area contributed by atoms with Gasteiger partial charge in [-0.25, -0.2) is 0 Å². The molecule has 1 fully saturated rings. The van der Waals surface area contributed by atoms with E-state index in [1.54, 1.807) is 0 Å². The molecule has 1 aliphatic carbocycles. The maximum atomic E-state index is 9.93. The number of aromatic hydroxyl groups is 1. The second-order valence-electron chi connectivity index (χ2n) is 4.83. The van der Waals surface area contributed by atoms with Crippen LogP contribution in [0, 0.1) is 6.92 Å². The monoisotopic (exact) mass is 310 g/mol. The largest absolute Gasteiger partial charge is 0.502 e. The summed E-state index contributed by atoms with van der Waals surface area (Å²) in [5.74, 6) is 0.896. The molecule has 0 unspecified atom stereocenters. The Kier molecular flexibility index (Phi) is 3.44. The SMILES string of the molecule is Cc1cccc(C2CC2)c1Oc1nnc(Cl)c(Cl)c1O. The summed E-state index contributed by atoms with van der Waals surface area (Å²) in [7, 11) is 0. The van der Waals surface area contributed by atoms with Crippen molar-refractivity contribution < 1.29 is 9.84 Å². The number of para-hydroxylation sites is 1. The molecule has 104 valence electrons. The first kappa shape index (κ1) is 13.5. The van der Waals surface area contributed by atoms with E-state index in [4.69, 9.17) is 27.9 Å². The lowest BCUT2D eigenvalue weighted by Crippen LogP contribution is -1.97. The molecule has 1 aliphatic rings. The average molecular weight is 311 g/mol. The first-order chi connectivity index (χ1) is 9.58.